The molecule has 2 aromatic rings. The van der Waals surface area contributed by atoms with Crippen LogP contribution >= 0.6 is 34.8 Å². The minimum Gasteiger partial charge on any atom is -0.326 e. The van der Waals surface area contributed by atoms with E-state index >= 15 is 0 Å². The van der Waals surface area contributed by atoms with Crippen molar-refractivity contribution in [2.45, 2.75) is 26.3 Å². The molecule has 1 aliphatic heterocycles. The number of carbonyl (C=O) groups is 1. The van der Waals surface area contributed by atoms with Gasteiger partial charge in [-0.15, -0.1) is 0 Å². The molecule has 1 amide bonds. The van der Waals surface area contributed by atoms with Crippen molar-refractivity contribution in [2.24, 2.45) is 5.92 Å². The Kier molecular flexibility index (Phi) is 6.46. The van der Waals surface area contributed by atoms with Crippen molar-refractivity contribution in [1.82, 2.24) is 4.90 Å². The number of rotatable bonds is 4. The number of amides is 1. The molecule has 0 aromatic heterocycles. The Hall–Kier alpha value is -1.26. The fraction of sp³-hybridized carbons (Fsp3) is 0.350. The Morgan fingerprint density at radius 2 is 1.62 bits per heavy atom. The van der Waals surface area contributed by atoms with Crippen LogP contribution in [0.25, 0.3) is 0 Å². The molecule has 0 atom stereocenters. The van der Waals surface area contributed by atoms with Crippen molar-refractivity contribution in [3.05, 3.63) is 62.6 Å². The van der Waals surface area contributed by atoms with Gasteiger partial charge >= 0.3 is 0 Å². The van der Waals surface area contributed by atoms with Crippen LogP contribution in [0, 0.1) is 12.8 Å². The lowest BCUT2D eigenvalue weighted by molar-refractivity contribution is -0.121. The van der Waals surface area contributed by atoms with Crippen LogP contribution in [0.15, 0.2) is 36.4 Å². The minimum atomic E-state index is 0.00588. The molecule has 138 valence electrons. The third kappa shape index (κ3) is 4.52. The van der Waals surface area contributed by atoms with Crippen molar-refractivity contribution in [3.63, 3.8) is 0 Å². The molecule has 3 nitrogen and oxygen atoms in total. The summed E-state index contributed by atoms with van der Waals surface area (Å²) in [5.41, 5.74) is 2.63. The molecular formula is C20H21Cl3N2O. The van der Waals surface area contributed by atoms with Gasteiger partial charge in [-0.05, 0) is 62.7 Å². The van der Waals surface area contributed by atoms with E-state index in [9.17, 15) is 4.79 Å². The third-order valence-corrected chi connectivity index (χ3v) is 6.05. The highest BCUT2D eigenvalue weighted by molar-refractivity contribution is 6.36. The first kappa shape index (κ1) is 19.5. The van der Waals surface area contributed by atoms with Crippen LogP contribution in [0.2, 0.25) is 15.1 Å². The molecule has 0 aliphatic carbocycles. The molecule has 0 spiro atoms. The van der Waals surface area contributed by atoms with E-state index in [1.54, 1.807) is 0 Å². The second-order valence-corrected chi connectivity index (χ2v) is 7.87. The molecule has 0 radical (unpaired) electrons. The standard InChI is InChI=1S/C20H21Cl3N2O/c1-13-16(21)4-3-7-19(13)24-20(26)14-8-10-25(11-9-14)12-15-17(22)5-2-6-18(15)23/h2-7,14H,8-12H2,1H3,(H,24,26). The number of carbonyl (C=O) groups excluding carboxylic acids is 1. The van der Waals surface area contributed by atoms with E-state index in [2.05, 4.69) is 10.2 Å². The van der Waals surface area contributed by atoms with Crippen LogP contribution in [0.5, 0.6) is 0 Å². The first-order chi connectivity index (χ1) is 12.5. The van der Waals surface area contributed by atoms with E-state index in [-0.39, 0.29) is 11.8 Å². The maximum absolute atomic E-state index is 12.6. The molecule has 1 heterocycles. The Morgan fingerprint density at radius 1 is 1.04 bits per heavy atom. The van der Waals surface area contributed by atoms with Crippen LogP contribution in [0.3, 0.4) is 0 Å². The van der Waals surface area contributed by atoms with Gasteiger partial charge in [-0.1, -0.05) is 46.9 Å². The Balaban J connectivity index is 1.56. The van der Waals surface area contributed by atoms with Crippen LogP contribution < -0.4 is 5.32 Å². The van der Waals surface area contributed by atoms with Gasteiger partial charge in [0.15, 0.2) is 0 Å². The van der Waals surface area contributed by atoms with Gasteiger partial charge in [0.2, 0.25) is 5.91 Å². The van der Waals surface area contributed by atoms with Gasteiger partial charge in [-0.2, -0.15) is 0 Å². The summed E-state index contributed by atoms with van der Waals surface area (Å²) in [7, 11) is 0. The molecule has 1 N–H and O–H groups in total. The summed E-state index contributed by atoms with van der Waals surface area (Å²) in [5, 5.41) is 5.06. The fourth-order valence-electron chi connectivity index (χ4n) is 3.24. The summed E-state index contributed by atoms with van der Waals surface area (Å²) < 4.78 is 0. The molecule has 1 saturated heterocycles. The minimum absolute atomic E-state index is 0.00588. The van der Waals surface area contributed by atoms with E-state index in [0.29, 0.717) is 21.6 Å². The topological polar surface area (TPSA) is 32.3 Å². The molecule has 0 bridgehead atoms. The van der Waals surface area contributed by atoms with E-state index in [1.165, 1.54) is 0 Å². The average molecular weight is 412 g/mol. The highest BCUT2D eigenvalue weighted by Crippen LogP contribution is 2.29. The molecule has 0 unspecified atom stereocenters. The first-order valence-electron chi connectivity index (χ1n) is 8.67. The monoisotopic (exact) mass is 410 g/mol. The van der Waals surface area contributed by atoms with Gasteiger partial charge in [-0.3, -0.25) is 9.69 Å². The number of likely N-dealkylation sites (tertiary alicyclic amines) is 1. The first-order valence-corrected chi connectivity index (χ1v) is 9.80. The van der Waals surface area contributed by atoms with Crippen molar-refractivity contribution in [2.75, 3.05) is 18.4 Å². The quantitative estimate of drug-likeness (QED) is 0.689. The van der Waals surface area contributed by atoms with Crippen LogP contribution in [0.4, 0.5) is 5.69 Å². The fourth-order valence-corrected chi connectivity index (χ4v) is 3.93. The van der Waals surface area contributed by atoms with Gasteiger partial charge in [0.25, 0.3) is 0 Å². The zero-order valence-corrected chi connectivity index (χ0v) is 16.8. The molecule has 6 heteroatoms. The summed E-state index contributed by atoms with van der Waals surface area (Å²) in [5.74, 6) is 0.0668. The van der Waals surface area contributed by atoms with Crippen molar-refractivity contribution >= 4 is 46.4 Å². The third-order valence-electron chi connectivity index (χ3n) is 4.93. The van der Waals surface area contributed by atoms with Crippen LogP contribution in [-0.4, -0.2) is 23.9 Å². The van der Waals surface area contributed by atoms with Crippen molar-refractivity contribution in [3.8, 4) is 0 Å². The molecule has 2 aromatic carbocycles. The second-order valence-electron chi connectivity index (χ2n) is 6.65. The van der Waals surface area contributed by atoms with Gasteiger partial charge in [-0.25, -0.2) is 0 Å². The SMILES string of the molecule is Cc1c(Cl)cccc1NC(=O)C1CCN(Cc2c(Cl)cccc2Cl)CC1. The maximum Gasteiger partial charge on any atom is 0.227 e. The summed E-state index contributed by atoms with van der Waals surface area (Å²) >= 11 is 18.6. The Bertz CT molecular complexity index is 781. The predicted molar refractivity (Wildman–Crippen MR) is 109 cm³/mol. The number of hydrogen-bond donors (Lipinski definition) is 1. The smallest absolute Gasteiger partial charge is 0.227 e. The van der Waals surface area contributed by atoms with Gasteiger partial charge < -0.3 is 5.32 Å². The number of piperidine rings is 1. The number of anilines is 1. The summed E-state index contributed by atoms with van der Waals surface area (Å²) in [6.07, 6.45) is 1.63. The second kappa shape index (κ2) is 8.62. The van der Waals surface area contributed by atoms with Crippen molar-refractivity contribution < 1.29 is 4.79 Å². The molecule has 0 saturated carbocycles. The highest BCUT2D eigenvalue weighted by atomic mass is 35.5. The molecule has 26 heavy (non-hydrogen) atoms. The lowest BCUT2D eigenvalue weighted by Crippen LogP contribution is -2.38. The Morgan fingerprint density at radius 3 is 2.27 bits per heavy atom. The summed E-state index contributed by atoms with van der Waals surface area (Å²) in [6.45, 7) is 4.30. The van der Waals surface area contributed by atoms with Crippen LogP contribution in [-0.2, 0) is 11.3 Å². The Labute approximate surface area is 169 Å². The zero-order chi connectivity index (χ0) is 18.7. The molecule has 1 aliphatic rings. The van der Waals surface area contributed by atoms with E-state index in [1.807, 2.05) is 43.3 Å². The number of halogens is 3. The lowest BCUT2D eigenvalue weighted by atomic mass is 9.95. The molecule has 3 rings (SSSR count). The van der Waals surface area contributed by atoms with E-state index in [0.717, 1.165) is 42.7 Å². The molecular weight excluding hydrogens is 391 g/mol. The van der Waals surface area contributed by atoms with E-state index < -0.39 is 0 Å². The number of nitrogens with one attached hydrogen (secondary N) is 1. The van der Waals surface area contributed by atoms with Crippen molar-refractivity contribution in [1.29, 1.82) is 0 Å². The van der Waals surface area contributed by atoms with Crippen LogP contribution in [0.1, 0.15) is 24.0 Å². The average Bonchev–Trinajstić information content (AvgIpc) is 2.63. The number of nitrogens with zero attached hydrogens (tertiary/aromatic N) is 1. The summed E-state index contributed by atoms with van der Waals surface area (Å²) in [4.78, 5) is 14.9. The van der Waals surface area contributed by atoms with Gasteiger partial charge in [0.05, 0.1) is 0 Å². The van der Waals surface area contributed by atoms with Gasteiger partial charge in [0.1, 0.15) is 0 Å². The van der Waals surface area contributed by atoms with E-state index in [4.69, 9.17) is 34.8 Å². The number of benzene rings is 2. The number of hydrogen-bond acceptors (Lipinski definition) is 2. The normalized spacial score (nSPS) is 15.8. The van der Waals surface area contributed by atoms with Gasteiger partial charge in [0, 0.05) is 38.8 Å². The predicted octanol–water partition coefficient (Wildman–Crippen LogP) is 5.81. The lowest BCUT2D eigenvalue weighted by Gasteiger charge is -2.31. The zero-order valence-electron chi connectivity index (χ0n) is 14.6. The largest absolute Gasteiger partial charge is 0.326 e. The summed E-state index contributed by atoms with van der Waals surface area (Å²) in [6, 6.07) is 11.1. The highest BCUT2D eigenvalue weighted by Gasteiger charge is 2.26. The molecule has 1 fully saturated rings. The maximum atomic E-state index is 12.6.